The molecule has 8 heteroatoms. The van der Waals surface area contributed by atoms with Crippen molar-refractivity contribution in [1.82, 2.24) is 0 Å². The Hall–Kier alpha value is -3.29. The number of benzene rings is 2. The van der Waals surface area contributed by atoms with Crippen LogP contribution in [0.15, 0.2) is 36.4 Å². The molecule has 2 aromatic carbocycles. The lowest BCUT2D eigenvalue weighted by Gasteiger charge is -2.10. The van der Waals surface area contributed by atoms with Crippen LogP contribution in [0.25, 0.3) is 22.1 Å². The Balaban J connectivity index is 2.38. The van der Waals surface area contributed by atoms with Gasteiger partial charge in [0.05, 0.1) is 0 Å². The number of phenolic OH excluding ortho intramolecular Hbond substituents is 1. The number of aliphatic carboxylic acids is 1. The van der Waals surface area contributed by atoms with Crippen LogP contribution in [0.1, 0.15) is 0 Å². The van der Waals surface area contributed by atoms with Crippen molar-refractivity contribution in [1.29, 1.82) is 0 Å². The van der Waals surface area contributed by atoms with Gasteiger partial charge in [0.1, 0.15) is 0 Å². The van der Waals surface area contributed by atoms with Crippen LogP contribution >= 0.6 is 0 Å². The van der Waals surface area contributed by atoms with E-state index in [1.165, 1.54) is 36.4 Å². The number of ether oxygens (including phenoxy) is 1. The Kier molecular flexibility index (Phi) is 3.06. The molecule has 0 bridgehead atoms. The van der Waals surface area contributed by atoms with Crippen molar-refractivity contribution in [3.8, 4) is 11.5 Å². The predicted octanol–water partition coefficient (Wildman–Crippen LogP) is 0.429. The average molecular weight is 302 g/mol. The number of aromatic nitrogens is 2. The number of nitrogens with zero attached hydrogens (tertiary/aromatic N) is 2. The van der Waals surface area contributed by atoms with Gasteiger partial charge in [0.25, 0.3) is 11.0 Å². The standard InChI is InChI=1S/C14H10N2O6/c17-10-5-1-3-8-13(10)15(20)9-4-2-6-11(14(9)16(8)21)22-7-12(18)19/h1-6,17H,7H2,(H,18,19). The second-order valence-electron chi connectivity index (χ2n) is 4.54. The molecule has 0 atom stereocenters. The van der Waals surface area contributed by atoms with Gasteiger partial charge in [0.2, 0.25) is 0 Å². The van der Waals surface area contributed by atoms with Crippen LogP contribution in [0.2, 0.25) is 0 Å². The first-order valence-corrected chi connectivity index (χ1v) is 6.25. The van der Waals surface area contributed by atoms with Crippen molar-refractivity contribution in [2.24, 2.45) is 0 Å². The summed E-state index contributed by atoms with van der Waals surface area (Å²) in [5, 5.41) is 43.3. The molecule has 3 aromatic rings. The monoisotopic (exact) mass is 302 g/mol. The van der Waals surface area contributed by atoms with E-state index in [-0.39, 0.29) is 33.6 Å². The van der Waals surface area contributed by atoms with E-state index in [1.807, 2.05) is 0 Å². The number of fused-ring (bicyclic) bond motifs is 2. The van der Waals surface area contributed by atoms with Crippen LogP contribution in [0.3, 0.4) is 0 Å². The van der Waals surface area contributed by atoms with E-state index in [2.05, 4.69) is 0 Å². The molecule has 0 aliphatic rings. The van der Waals surface area contributed by atoms with Crippen LogP contribution in [-0.4, -0.2) is 22.8 Å². The van der Waals surface area contributed by atoms with Gasteiger partial charge in [0.15, 0.2) is 18.1 Å². The zero-order valence-electron chi connectivity index (χ0n) is 11.1. The van der Waals surface area contributed by atoms with Crippen molar-refractivity contribution in [3.05, 3.63) is 46.8 Å². The lowest BCUT2D eigenvalue weighted by Crippen LogP contribution is -2.39. The van der Waals surface area contributed by atoms with Crippen molar-refractivity contribution in [2.45, 2.75) is 0 Å². The molecule has 0 fully saturated rings. The summed E-state index contributed by atoms with van der Waals surface area (Å²) in [6.07, 6.45) is 0. The Morgan fingerprint density at radius 2 is 1.64 bits per heavy atom. The third kappa shape index (κ3) is 1.97. The van der Waals surface area contributed by atoms with Crippen LogP contribution in [0.4, 0.5) is 0 Å². The summed E-state index contributed by atoms with van der Waals surface area (Å²) in [5.41, 5.74) is -0.349. The summed E-state index contributed by atoms with van der Waals surface area (Å²) in [5.74, 6) is -1.55. The first kappa shape index (κ1) is 13.7. The largest absolute Gasteiger partial charge is 0.617 e. The molecule has 112 valence electrons. The first-order valence-electron chi connectivity index (χ1n) is 6.25. The van der Waals surface area contributed by atoms with Crippen molar-refractivity contribution in [2.75, 3.05) is 6.61 Å². The second-order valence-corrected chi connectivity index (χ2v) is 4.54. The molecule has 0 unspecified atom stereocenters. The molecule has 0 amide bonds. The minimum atomic E-state index is -1.21. The molecule has 0 aliphatic carbocycles. The SMILES string of the molecule is O=C(O)COc1cccc2c1[n+]([O-])c1cccc(O)c1[n+]2[O-]. The van der Waals surface area contributed by atoms with E-state index in [0.29, 0.717) is 9.46 Å². The highest BCUT2D eigenvalue weighted by Gasteiger charge is 2.27. The molecule has 8 nitrogen and oxygen atoms in total. The molecule has 1 aromatic heterocycles. The average Bonchev–Trinajstić information content (AvgIpc) is 2.50. The van der Waals surface area contributed by atoms with E-state index < -0.39 is 12.6 Å². The summed E-state index contributed by atoms with van der Waals surface area (Å²) in [6, 6.07) is 8.35. The highest BCUT2D eigenvalue weighted by Crippen LogP contribution is 2.25. The molecular weight excluding hydrogens is 292 g/mol. The number of hydrogen-bond acceptors (Lipinski definition) is 5. The van der Waals surface area contributed by atoms with E-state index in [0.717, 1.165) is 0 Å². The summed E-state index contributed by atoms with van der Waals surface area (Å²) >= 11 is 0. The van der Waals surface area contributed by atoms with Gasteiger partial charge in [-0.05, 0) is 12.1 Å². The Morgan fingerprint density at radius 1 is 1.05 bits per heavy atom. The number of hydrogen-bond donors (Lipinski definition) is 2. The fourth-order valence-corrected chi connectivity index (χ4v) is 2.27. The minimum absolute atomic E-state index is 0.0234. The topological polar surface area (TPSA) is 121 Å². The van der Waals surface area contributed by atoms with Gasteiger partial charge in [-0.1, -0.05) is 12.1 Å². The number of carbonyl (C=O) groups is 1. The third-order valence-corrected chi connectivity index (χ3v) is 3.17. The van der Waals surface area contributed by atoms with E-state index in [4.69, 9.17) is 9.84 Å². The molecule has 1 heterocycles. The van der Waals surface area contributed by atoms with Gasteiger partial charge in [-0.2, -0.15) is 9.46 Å². The lowest BCUT2D eigenvalue weighted by molar-refractivity contribution is -0.591. The number of rotatable bonds is 3. The third-order valence-electron chi connectivity index (χ3n) is 3.17. The zero-order valence-corrected chi connectivity index (χ0v) is 11.1. The van der Waals surface area contributed by atoms with Gasteiger partial charge in [-0.3, -0.25) is 0 Å². The van der Waals surface area contributed by atoms with Gasteiger partial charge in [-0.15, -0.1) is 0 Å². The van der Waals surface area contributed by atoms with Gasteiger partial charge < -0.3 is 25.4 Å². The van der Waals surface area contributed by atoms with E-state index in [9.17, 15) is 20.3 Å². The molecule has 0 aliphatic heterocycles. The first-order chi connectivity index (χ1) is 10.5. The van der Waals surface area contributed by atoms with Gasteiger partial charge in [0, 0.05) is 12.1 Å². The van der Waals surface area contributed by atoms with Gasteiger partial charge in [-0.25, -0.2) is 4.79 Å². The van der Waals surface area contributed by atoms with E-state index in [1.54, 1.807) is 0 Å². The molecule has 0 saturated heterocycles. The van der Waals surface area contributed by atoms with Crippen LogP contribution in [-0.2, 0) is 4.79 Å². The van der Waals surface area contributed by atoms with Crippen molar-refractivity contribution >= 4 is 28.0 Å². The summed E-state index contributed by atoms with van der Waals surface area (Å²) < 4.78 is 5.92. The highest BCUT2D eigenvalue weighted by atomic mass is 16.5. The zero-order chi connectivity index (χ0) is 15.9. The maximum Gasteiger partial charge on any atom is 0.341 e. The van der Waals surface area contributed by atoms with E-state index >= 15 is 0 Å². The maximum absolute atomic E-state index is 12.5. The normalized spacial score (nSPS) is 10.9. The molecule has 0 spiro atoms. The lowest BCUT2D eigenvalue weighted by atomic mass is 10.2. The number of para-hydroxylation sites is 2. The quantitative estimate of drug-likeness (QED) is 0.411. The number of carboxylic acid groups (broad SMARTS) is 1. The predicted molar refractivity (Wildman–Crippen MR) is 74.2 cm³/mol. The van der Waals surface area contributed by atoms with Gasteiger partial charge >= 0.3 is 17.0 Å². The summed E-state index contributed by atoms with van der Waals surface area (Å²) in [7, 11) is 0. The molecule has 22 heavy (non-hydrogen) atoms. The Morgan fingerprint density at radius 3 is 2.32 bits per heavy atom. The smallest absolute Gasteiger partial charge is 0.341 e. The fraction of sp³-hybridized carbons (Fsp3) is 0.0714. The summed E-state index contributed by atoms with van der Waals surface area (Å²) in [4.78, 5) is 10.6. The Bertz CT molecular complexity index is 909. The van der Waals surface area contributed by atoms with Crippen LogP contribution in [0.5, 0.6) is 11.5 Å². The summed E-state index contributed by atoms with van der Waals surface area (Å²) in [6.45, 7) is -0.643. The van der Waals surface area contributed by atoms with Crippen LogP contribution < -0.4 is 14.2 Å². The van der Waals surface area contributed by atoms with Crippen LogP contribution in [0, 0.1) is 10.4 Å². The number of aromatic hydroxyl groups is 1. The second kappa shape index (κ2) is 4.92. The molecular formula is C14H10N2O6. The highest BCUT2D eigenvalue weighted by molar-refractivity contribution is 5.83. The van der Waals surface area contributed by atoms with Crippen molar-refractivity contribution in [3.63, 3.8) is 0 Å². The fourth-order valence-electron chi connectivity index (χ4n) is 2.27. The molecule has 2 N–H and O–H groups in total. The Labute approximate surface area is 123 Å². The molecule has 0 saturated carbocycles. The maximum atomic E-state index is 12.5. The number of carboxylic acids is 1. The minimum Gasteiger partial charge on any atom is -0.617 e. The molecule has 3 rings (SSSR count). The van der Waals surface area contributed by atoms with Crippen molar-refractivity contribution < 1.29 is 29.2 Å². The molecule has 0 radical (unpaired) electrons. The number of phenols is 1.